The fourth-order valence-electron chi connectivity index (χ4n) is 1.76. The first-order valence-corrected chi connectivity index (χ1v) is 5.23. The lowest BCUT2D eigenvalue weighted by Gasteiger charge is -2.32. The molecule has 1 saturated carbocycles. The summed E-state index contributed by atoms with van der Waals surface area (Å²) in [5.41, 5.74) is 5.45. The molecule has 0 bridgehead atoms. The Morgan fingerprint density at radius 3 is 2.64 bits per heavy atom. The minimum Gasteiger partial charge on any atom is -0.396 e. The summed E-state index contributed by atoms with van der Waals surface area (Å²) in [4.78, 5) is 0. The van der Waals surface area contributed by atoms with Gasteiger partial charge in [0.15, 0.2) is 0 Å². The monoisotopic (exact) mass is 203 g/mol. The van der Waals surface area contributed by atoms with Gasteiger partial charge in [-0.1, -0.05) is 0 Å². The quantitative estimate of drug-likeness (QED) is 0.551. The number of ether oxygens (including phenoxy) is 2. The first-order chi connectivity index (χ1) is 6.79. The molecule has 0 radical (unpaired) electrons. The number of nitrogens with two attached hydrogens (primary N) is 1. The molecule has 84 valence electrons. The van der Waals surface area contributed by atoms with Gasteiger partial charge in [0.05, 0.1) is 6.61 Å². The highest BCUT2D eigenvalue weighted by molar-refractivity contribution is 4.97. The van der Waals surface area contributed by atoms with Crippen molar-refractivity contribution >= 4 is 0 Å². The van der Waals surface area contributed by atoms with Gasteiger partial charge in [-0.15, -0.1) is 0 Å². The van der Waals surface area contributed by atoms with Crippen LogP contribution in [-0.4, -0.2) is 44.2 Å². The second kappa shape index (κ2) is 5.66. The molecule has 1 atom stereocenters. The van der Waals surface area contributed by atoms with E-state index < -0.39 is 0 Å². The van der Waals surface area contributed by atoms with Crippen molar-refractivity contribution in [1.82, 2.24) is 0 Å². The zero-order chi connectivity index (χ0) is 10.4. The van der Waals surface area contributed by atoms with E-state index in [2.05, 4.69) is 0 Å². The van der Waals surface area contributed by atoms with E-state index in [1.165, 1.54) is 12.8 Å². The van der Waals surface area contributed by atoms with Crippen LogP contribution in [0.15, 0.2) is 0 Å². The Morgan fingerprint density at radius 1 is 1.50 bits per heavy atom. The van der Waals surface area contributed by atoms with Gasteiger partial charge < -0.3 is 20.3 Å². The van der Waals surface area contributed by atoms with Crippen LogP contribution in [-0.2, 0) is 9.47 Å². The summed E-state index contributed by atoms with van der Waals surface area (Å²) in [5.74, 6) is 0.547. The molecule has 0 spiro atoms. The third kappa shape index (κ3) is 2.92. The van der Waals surface area contributed by atoms with E-state index in [4.69, 9.17) is 20.3 Å². The van der Waals surface area contributed by atoms with Crippen molar-refractivity contribution < 1.29 is 14.6 Å². The molecule has 0 saturated heterocycles. The van der Waals surface area contributed by atoms with Crippen LogP contribution in [0.2, 0.25) is 0 Å². The van der Waals surface area contributed by atoms with Crippen molar-refractivity contribution in [2.75, 3.05) is 33.5 Å². The Morgan fingerprint density at radius 2 is 2.21 bits per heavy atom. The highest BCUT2D eigenvalue weighted by Crippen LogP contribution is 2.41. The maximum atomic E-state index is 8.68. The minimum absolute atomic E-state index is 0.165. The number of aliphatic hydroxyl groups excluding tert-OH is 1. The van der Waals surface area contributed by atoms with Gasteiger partial charge >= 0.3 is 0 Å². The van der Waals surface area contributed by atoms with E-state index in [9.17, 15) is 0 Å². The number of rotatable bonds is 8. The van der Waals surface area contributed by atoms with Crippen LogP contribution in [0.3, 0.4) is 0 Å². The van der Waals surface area contributed by atoms with E-state index in [1.54, 1.807) is 7.11 Å². The van der Waals surface area contributed by atoms with Crippen molar-refractivity contribution in [1.29, 1.82) is 0 Å². The highest BCUT2D eigenvalue weighted by Gasteiger charge is 2.45. The molecule has 4 nitrogen and oxygen atoms in total. The minimum atomic E-state index is -0.302. The van der Waals surface area contributed by atoms with Gasteiger partial charge in [-0.25, -0.2) is 0 Å². The first-order valence-electron chi connectivity index (χ1n) is 5.23. The summed E-state index contributed by atoms with van der Waals surface area (Å²) in [7, 11) is 1.67. The van der Waals surface area contributed by atoms with Crippen LogP contribution < -0.4 is 5.73 Å². The molecule has 1 aliphatic rings. The Hall–Kier alpha value is -0.160. The first kappa shape index (κ1) is 11.9. The average molecular weight is 203 g/mol. The predicted molar refractivity (Wildman–Crippen MR) is 54.0 cm³/mol. The van der Waals surface area contributed by atoms with Gasteiger partial charge in [0.1, 0.15) is 5.60 Å². The SMILES string of the molecule is COCC(CN)(OCCCO)C1CC1. The number of aliphatic hydroxyl groups is 1. The standard InChI is InChI=1S/C10H21NO3/c1-13-8-10(7-11,9-3-4-9)14-6-2-5-12/h9,12H,2-8,11H2,1H3. The van der Waals surface area contributed by atoms with Crippen molar-refractivity contribution in [3.8, 4) is 0 Å². The van der Waals surface area contributed by atoms with Gasteiger partial charge in [-0.2, -0.15) is 0 Å². The van der Waals surface area contributed by atoms with Crippen molar-refractivity contribution in [3.05, 3.63) is 0 Å². The van der Waals surface area contributed by atoms with Gasteiger partial charge in [0.25, 0.3) is 0 Å². The largest absolute Gasteiger partial charge is 0.396 e. The highest BCUT2D eigenvalue weighted by atomic mass is 16.5. The summed E-state index contributed by atoms with van der Waals surface area (Å²) in [6.07, 6.45) is 3.03. The predicted octanol–water partition coefficient (Wildman–Crippen LogP) is 0.139. The van der Waals surface area contributed by atoms with E-state index in [0.29, 0.717) is 32.1 Å². The molecule has 0 aromatic carbocycles. The van der Waals surface area contributed by atoms with Crippen LogP contribution in [0.5, 0.6) is 0 Å². The average Bonchev–Trinajstić information content (AvgIpc) is 3.00. The molecule has 1 aliphatic carbocycles. The van der Waals surface area contributed by atoms with Crippen LogP contribution >= 0.6 is 0 Å². The molecule has 1 fully saturated rings. The Bertz CT molecular complexity index is 161. The smallest absolute Gasteiger partial charge is 0.106 e. The summed E-state index contributed by atoms with van der Waals surface area (Å²) >= 11 is 0. The third-order valence-corrected chi connectivity index (χ3v) is 2.75. The summed E-state index contributed by atoms with van der Waals surface area (Å²) in [6.45, 7) is 1.78. The van der Waals surface area contributed by atoms with E-state index in [1.807, 2.05) is 0 Å². The molecule has 4 heteroatoms. The van der Waals surface area contributed by atoms with E-state index in [0.717, 1.165) is 0 Å². The lowest BCUT2D eigenvalue weighted by atomic mass is 9.99. The molecule has 0 heterocycles. The number of hydrogen-bond donors (Lipinski definition) is 2. The molecule has 14 heavy (non-hydrogen) atoms. The molecule has 1 unspecified atom stereocenters. The van der Waals surface area contributed by atoms with E-state index in [-0.39, 0.29) is 12.2 Å². The zero-order valence-electron chi connectivity index (χ0n) is 8.87. The lowest BCUT2D eigenvalue weighted by Crippen LogP contribution is -2.47. The Balaban J connectivity index is 2.40. The molecule has 0 aromatic heterocycles. The fourth-order valence-corrected chi connectivity index (χ4v) is 1.76. The summed E-state index contributed by atoms with van der Waals surface area (Å²) in [6, 6.07) is 0. The lowest BCUT2D eigenvalue weighted by molar-refractivity contribution is -0.0997. The van der Waals surface area contributed by atoms with E-state index >= 15 is 0 Å². The summed E-state index contributed by atoms with van der Waals surface area (Å²) < 4.78 is 10.9. The molecule has 3 N–H and O–H groups in total. The topological polar surface area (TPSA) is 64.7 Å². The second-order valence-corrected chi connectivity index (χ2v) is 3.90. The molecular weight excluding hydrogens is 182 g/mol. The molecule has 0 aromatic rings. The van der Waals surface area contributed by atoms with Crippen molar-refractivity contribution in [2.24, 2.45) is 11.7 Å². The van der Waals surface area contributed by atoms with Gasteiger partial charge in [0, 0.05) is 26.9 Å². The maximum absolute atomic E-state index is 8.68. The van der Waals surface area contributed by atoms with Gasteiger partial charge in [0.2, 0.25) is 0 Å². The molecule has 1 rings (SSSR count). The van der Waals surface area contributed by atoms with Gasteiger partial charge in [-0.05, 0) is 25.2 Å². The maximum Gasteiger partial charge on any atom is 0.106 e. The van der Waals surface area contributed by atoms with Crippen LogP contribution in [0.1, 0.15) is 19.3 Å². The third-order valence-electron chi connectivity index (χ3n) is 2.75. The van der Waals surface area contributed by atoms with Crippen LogP contribution in [0.4, 0.5) is 0 Å². The summed E-state index contributed by atoms with van der Waals surface area (Å²) in [5, 5.41) is 8.68. The van der Waals surface area contributed by atoms with Crippen molar-refractivity contribution in [2.45, 2.75) is 24.9 Å². The molecular formula is C10H21NO3. The Labute approximate surface area is 85.4 Å². The number of hydrogen-bond acceptors (Lipinski definition) is 4. The molecule has 0 amide bonds. The zero-order valence-corrected chi connectivity index (χ0v) is 8.87. The Kier molecular flexibility index (Phi) is 4.81. The second-order valence-electron chi connectivity index (χ2n) is 3.90. The van der Waals surface area contributed by atoms with Crippen LogP contribution in [0, 0.1) is 5.92 Å². The molecule has 0 aliphatic heterocycles. The normalized spacial score (nSPS) is 20.8. The number of methoxy groups -OCH3 is 1. The van der Waals surface area contributed by atoms with Crippen LogP contribution in [0.25, 0.3) is 0 Å². The van der Waals surface area contributed by atoms with Gasteiger partial charge in [-0.3, -0.25) is 0 Å². The fraction of sp³-hybridized carbons (Fsp3) is 1.00. The van der Waals surface area contributed by atoms with Crippen molar-refractivity contribution in [3.63, 3.8) is 0 Å².